The van der Waals surface area contributed by atoms with E-state index in [2.05, 4.69) is 15.5 Å². The van der Waals surface area contributed by atoms with Crippen LogP contribution in [0.4, 0.5) is 0 Å². The maximum absolute atomic E-state index is 13.9. The molecule has 234 valence electrons. The van der Waals surface area contributed by atoms with Gasteiger partial charge in [-0.1, -0.05) is 54.2 Å². The fourth-order valence-electron chi connectivity index (χ4n) is 5.11. The van der Waals surface area contributed by atoms with Gasteiger partial charge in [0.2, 0.25) is 0 Å². The maximum Gasteiger partial charge on any atom is 0.287 e. The highest BCUT2D eigenvalue weighted by Crippen LogP contribution is 2.35. The van der Waals surface area contributed by atoms with Crippen molar-refractivity contribution in [1.82, 2.24) is 25.1 Å². The van der Waals surface area contributed by atoms with E-state index in [1.807, 2.05) is 83.4 Å². The zero-order valence-corrected chi connectivity index (χ0v) is 26.1. The van der Waals surface area contributed by atoms with Gasteiger partial charge in [-0.05, 0) is 65.2 Å². The lowest BCUT2D eigenvalue weighted by Crippen LogP contribution is -2.28. The van der Waals surface area contributed by atoms with E-state index >= 15 is 0 Å². The molecule has 2 amide bonds. The molecule has 1 aliphatic heterocycles. The summed E-state index contributed by atoms with van der Waals surface area (Å²) in [6.07, 6.45) is 2.00. The van der Waals surface area contributed by atoms with Crippen LogP contribution < -0.4 is 14.8 Å². The first-order chi connectivity index (χ1) is 22.5. The molecule has 5 aromatic rings. The van der Waals surface area contributed by atoms with E-state index in [0.29, 0.717) is 23.9 Å². The zero-order chi connectivity index (χ0) is 31.9. The summed E-state index contributed by atoms with van der Waals surface area (Å²) in [5.74, 6) is 1.80. The van der Waals surface area contributed by atoms with Crippen LogP contribution >= 0.6 is 11.8 Å². The van der Waals surface area contributed by atoms with Crippen molar-refractivity contribution in [2.24, 2.45) is 5.10 Å². The van der Waals surface area contributed by atoms with Gasteiger partial charge < -0.3 is 23.8 Å². The maximum atomic E-state index is 13.9. The van der Waals surface area contributed by atoms with Crippen LogP contribution in [0, 0.1) is 0 Å². The molecular weight excluding hydrogens is 604 g/mol. The monoisotopic (exact) mass is 636 g/mol. The summed E-state index contributed by atoms with van der Waals surface area (Å²) in [7, 11) is 3.25. The van der Waals surface area contributed by atoms with Crippen molar-refractivity contribution in [3.8, 4) is 11.5 Å². The van der Waals surface area contributed by atoms with Crippen molar-refractivity contribution < 1.29 is 23.5 Å². The van der Waals surface area contributed by atoms with Gasteiger partial charge in [-0.3, -0.25) is 9.59 Å². The molecule has 0 fully saturated rings. The average molecular weight is 637 g/mol. The van der Waals surface area contributed by atoms with Crippen LogP contribution in [0.5, 0.6) is 11.5 Å². The first-order valence-electron chi connectivity index (χ1n) is 14.6. The van der Waals surface area contributed by atoms with Crippen molar-refractivity contribution in [2.45, 2.75) is 30.7 Å². The van der Waals surface area contributed by atoms with Crippen LogP contribution in [0.3, 0.4) is 0 Å². The second-order valence-corrected chi connectivity index (χ2v) is 11.4. The molecule has 2 aromatic heterocycles. The number of aromatic nitrogens is 3. The Morgan fingerprint density at radius 1 is 0.913 bits per heavy atom. The molecule has 0 bridgehead atoms. The summed E-state index contributed by atoms with van der Waals surface area (Å²) in [5, 5.41) is 18.5. The second-order valence-electron chi connectivity index (χ2n) is 10.4. The van der Waals surface area contributed by atoms with E-state index in [1.165, 1.54) is 18.0 Å². The molecule has 1 atom stereocenters. The van der Waals surface area contributed by atoms with Crippen LogP contribution in [0.1, 0.15) is 45.5 Å². The lowest BCUT2D eigenvalue weighted by Gasteiger charge is -2.22. The van der Waals surface area contributed by atoms with E-state index in [4.69, 9.17) is 19.0 Å². The number of nitrogens with one attached hydrogen (secondary N) is 1. The third-order valence-corrected chi connectivity index (χ3v) is 8.49. The van der Waals surface area contributed by atoms with Crippen molar-refractivity contribution in [1.29, 1.82) is 0 Å². The Labute approximate surface area is 270 Å². The summed E-state index contributed by atoms with van der Waals surface area (Å²) >= 11 is 1.28. The summed E-state index contributed by atoms with van der Waals surface area (Å²) in [5.41, 5.74) is 3.71. The molecule has 0 spiro atoms. The minimum Gasteiger partial charge on any atom is -0.497 e. The molecule has 3 aromatic carbocycles. The zero-order valence-electron chi connectivity index (χ0n) is 25.3. The van der Waals surface area contributed by atoms with E-state index in [1.54, 1.807) is 31.4 Å². The molecule has 0 radical (unpaired) electrons. The van der Waals surface area contributed by atoms with Gasteiger partial charge in [-0.2, -0.15) is 5.10 Å². The Kier molecular flexibility index (Phi) is 9.44. The molecule has 0 saturated carbocycles. The second kappa shape index (κ2) is 14.2. The molecule has 0 saturated heterocycles. The van der Waals surface area contributed by atoms with Gasteiger partial charge in [-0.25, -0.2) is 5.01 Å². The van der Waals surface area contributed by atoms with Gasteiger partial charge in [0, 0.05) is 6.42 Å². The molecule has 0 unspecified atom stereocenters. The number of carbonyl (C=O) groups is 2. The summed E-state index contributed by atoms with van der Waals surface area (Å²) < 4.78 is 17.8. The topological polar surface area (TPSA) is 124 Å². The highest BCUT2D eigenvalue weighted by atomic mass is 32.2. The summed E-state index contributed by atoms with van der Waals surface area (Å²) in [6.45, 7) is 0.601. The van der Waals surface area contributed by atoms with Crippen LogP contribution in [0.15, 0.2) is 112 Å². The van der Waals surface area contributed by atoms with Crippen LogP contribution in [0.25, 0.3) is 0 Å². The molecule has 1 aliphatic rings. The first-order valence-corrected chi connectivity index (χ1v) is 15.6. The smallest absolute Gasteiger partial charge is 0.287 e. The van der Waals surface area contributed by atoms with Crippen molar-refractivity contribution in [3.05, 3.63) is 126 Å². The number of hydrazone groups is 1. The number of ether oxygens (including phenoxy) is 2. The van der Waals surface area contributed by atoms with Crippen LogP contribution in [-0.4, -0.2) is 57.3 Å². The largest absolute Gasteiger partial charge is 0.497 e. The first kappa shape index (κ1) is 30.7. The van der Waals surface area contributed by atoms with Gasteiger partial charge in [0.25, 0.3) is 11.8 Å². The van der Waals surface area contributed by atoms with Gasteiger partial charge in [-0.15, -0.1) is 10.2 Å². The average Bonchev–Trinajstić information content (AvgIpc) is 3.88. The SMILES string of the molecule is COc1ccc(C2=NN(C(=O)CSc3nnc(CNC(=O)c4ccco4)n3Cc3ccccc3)[C@@H](c3ccc(OC)cc3)C2)cc1. The Morgan fingerprint density at radius 2 is 1.63 bits per heavy atom. The van der Waals surface area contributed by atoms with Gasteiger partial charge in [0.1, 0.15) is 11.5 Å². The number of carbonyl (C=O) groups excluding carboxylic acids is 2. The minimum atomic E-state index is -0.354. The highest BCUT2D eigenvalue weighted by molar-refractivity contribution is 7.99. The Bertz CT molecular complexity index is 1810. The molecular formula is C34H32N6O5S. The number of benzene rings is 3. The molecule has 6 rings (SSSR count). The molecule has 1 N–H and O–H groups in total. The number of amides is 2. The lowest BCUT2D eigenvalue weighted by molar-refractivity contribution is -0.130. The molecule has 3 heterocycles. The van der Waals surface area contributed by atoms with Gasteiger partial charge in [0.05, 0.1) is 51.1 Å². The normalized spacial score (nSPS) is 14.2. The third-order valence-electron chi connectivity index (χ3n) is 7.54. The van der Waals surface area contributed by atoms with E-state index in [0.717, 1.165) is 33.9 Å². The molecule has 11 nitrogen and oxygen atoms in total. The fraction of sp³-hybridized carbons (Fsp3) is 0.206. The van der Waals surface area contributed by atoms with Crippen molar-refractivity contribution in [3.63, 3.8) is 0 Å². The predicted octanol–water partition coefficient (Wildman–Crippen LogP) is 5.34. The number of hydrogen-bond acceptors (Lipinski definition) is 9. The van der Waals surface area contributed by atoms with Gasteiger partial charge >= 0.3 is 0 Å². The van der Waals surface area contributed by atoms with E-state index in [9.17, 15) is 9.59 Å². The standard InChI is InChI=1S/C34H32N6O5S/c1-43-26-14-10-24(11-15-26)28-19-29(25-12-16-27(44-2)17-13-25)40(38-28)32(41)22-46-34-37-36-31(20-35-33(42)30-9-6-18-45-30)39(34)21-23-7-4-3-5-8-23/h3-18,29H,19-22H2,1-2H3,(H,35,42)/t29-/m1/s1. The lowest BCUT2D eigenvalue weighted by atomic mass is 9.98. The van der Waals surface area contributed by atoms with Crippen LogP contribution in [-0.2, 0) is 17.9 Å². The van der Waals surface area contributed by atoms with E-state index < -0.39 is 0 Å². The number of thioether (sulfide) groups is 1. The highest BCUT2D eigenvalue weighted by Gasteiger charge is 2.33. The Morgan fingerprint density at radius 3 is 2.30 bits per heavy atom. The Hall–Kier alpha value is -5.36. The number of furan rings is 1. The Balaban J connectivity index is 1.22. The quantitative estimate of drug-likeness (QED) is 0.182. The summed E-state index contributed by atoms with van der Waals surface area (Å²) in [4.78, 5) is 26.4. The van der Waals surface area contributed by atoms with Crippen molar-refractivity contribution in [2.75, 3.05) is 20.0 Å². The van der Waals surface area contributed by atoms with E-state index in [-0.39, 0.29) is 35.9 Å². The predicted molar refractivity (Wildman–Crippen MR) is 173 cm³/mol. The number of hydrogen-bond donors (Lipinski definition) is 1. The molecule has 12 heteroatoms. The minimum absolute atomic E-state index is 0.0811. The molecule has 0 aliphatic carbocycles. The fourth-order valence-corrected chi connectivity index (χ4v) is 5.92. The van der Waals surface area contributed by atoms with Crippen molar-refractivity contribution >= 4 is 29.3 Å². The van der Waals surface area contributed by atoms with Gasteiger partial charge in [0.15, 0.2) is 16.7 Å². The molecule has 46 heavy (non-hydrogen) atoms. The summed E-state index contributed by atoms with van der Waals surface area (Å²) in [6, 6.07) is 28.2. The third kappa shape index (κ3) is 6.97. The number of rotatable bonds is 12. The number of methoxy groups -OCH3 is 2. The van der Waals surface area contributed by atoms with Crippen LogP contribution in [0.2, 0.25) is 0 Å². The number of nitrogens with zero attached hydrogens (tertiary/aromatic N) is 5.